The number of esters is 3. The van der Waals surface area contributed by atoms with Crippen LogP contribution in [0.25, 0.3) is 0 Å². The van der Waals surface area contributed by atoms with Crippen molar-refractivity contribution in [1.82, 2.24) is 4.98 Å². The Morgan fingerprint density at radius 1 is 0.929 bits per heavy atom. The van der Waals surface area contributed by atoms with Crippen LogP contribution in [0.1, 0.15) is 32.3 Å². The van der Waals surface area contributed by atoms with E-state index in [4.69, 9.17) is 4.74 Å². The van der Waals surface area contributed by atoms with E-state index in [0.717, 1.165) is 21.3 Å². The largest absolute Gasteiger partial charge is 0.468 e. The second-order valence-corrected chi connectivity index (χ2v) is 5.44. The lowest BCUT2D eigenvalue weighted by Gasteiger charge is -2.17. The molecule has 0 aliphatic rings. The van der Waals surface area contributed by atoms with Crippen molar-refractivity contribution in [2.75, 3.05) is 26.6 Å². The van der Waals surface area contributed by atoms with Crippen LogP contribution in [0.4, 0.5) is 5.69 Å². The predicted molar refractivity (Wildman–Crippen MR) is 96.7 cm³/mol. The molecule has 0 fully saturated rings. The Morgan fingerprint density at radius 2 is 1.61 bits per heavy atom. The van der Waals surface area contributed by atoms with Gasteiger partial charge in [0.05, 0.1) is 26.9 Å². The minimum absolute atomic E-state index is 0.0291. The maximum Gasteiger partial charge on any atom is 0.338 e. The number of aromatic nitrogens is 1. The molecule has 0 saturated carbocycles. The fourth-order valence-corrected chi connectivity index (χ4v) is 2.45. The average Bonchev–Trinajstić information content (AvgIpc) is 2.74. The second-order valence-electron chi connectivity index (χ2n) is 5.44. The number of ether oxygens (including phenoxy) is 3. The molecule has 28 heavy (non-hydrogen) atoms. The van der Waals surface area contributed by atoms with E-state index in [1.807, 2.05) is 0 Å². The number of nitrogens with zero attached hydrogens (tertiary/aromatic N) is 1. The van der Waals surface area contributed by atoms with Gasteiger partial charge in [-0.3, -0.25) is 19.4 Å². The summed E-state index contributed by atoms with van der Waals surface area (Å²) >= 11 is 0. The molecule has 2 rings (SSSR count). The molecule has 2 aromatic rings. The normalized spacial score (nSPS) is 10.1. The summed E-state index contributed by atoms with van der Waals surface area (Å²) in [7, 11) is 3.37. The molecule has 1 aromatic carbocycles. The monoisotopic (exact) mass is 386 g/mol. The number of hydrogen-bond donors (Lipinski definition) is 1. The summed E-state index contributed by atoms with van der Waals surface area (Å²) in [5.74, 6) is -4.59. The maximum atomic E-state index is 12.3. The molecule has 1 heterocycles. The number of rotatable bonds is 6. The van der Waals surface area contributed by atoms with Crippen molar-refractivity contribution in [3.63, 3.8) is 0 Å². The van der Waals surface area contributed by atoms with E-state index < -0.39 is 29.7 Å². The Morgan fingerprint density at radius 3 is 2.14 bits per heavy atom. The zero-order valence-electron chi connectivity index (χ0n) is 15.4. The lowest BCUT2D eigenvalue weighted by atomic mass is 9.93. The fraction of sp³-hybridized carbons (Fsp3) is 0.211. The molecule has 1 N–H and O–H groups in total. The number of carbonyl (C=O) groups excluding carboxylic acids is 4. The van der Waals surface area contributed by atoms with Crippen LogP contribution in [0.15, 0.2) is 42.6 Å². The fourth-order valence-electron chi connectivity index (χ4n) is 2.45. The molecule has 1 amide bonds. The second kappa shape index (κ2) is 9.26. The molecular formula is C19H18N2O7. The summed E-state index contributed by atoms with van der Waals surface area (Å²) in [6, 6.07) is 8.92. The van der Waals surface area contributed by atoms with Crippen molar-refractivity contribution >= 4 is 29.5 Å². The Bertz CT molecular complexity index is 880. The molecule has 0 radical (unpaired) electrons. The van der Waals surface area contributed by atoms with Gasteiger partial charge in [0, 0.05) is 11.9 Å². The van der Waals surface area contributed by atoms with Crippen molar-refractivity contribution in [3.8, 4) is 0 Å². The molecule has 0 unspecified atom stereocenters. The smallest absolute Gasteiger partial charge is 0.338 e. The van der Waals surface area contributed by atoms with Gasteiger partial charge in [0.15, 0.2) is 5.92 Å². The standard InChI is InChI=1S/C19H18N2O7/c1-26-17(23)13-10-11(21-16(22)14-6-4-5-9-20-14)7-8-12(13)15(18(24)27-2)19(25)28-3/h4-10,15H,1-3H3,(H,21,22). The van der Waals surface area contributed by atoms with Gasteiger partial charge in [0.2, 0.25) is 0 Å². The third kappa shape index (κ3) is 4.50. The number of pyridine rings is 1. The van der Waals surface area contributed by atoms with Gasteiger partial charge in [0.1, 0.15) is 5.69 Å². The first kappa shape index (κ1) is 20.6. The summed E-state index contributed by atoms with van der Waals surface area (Å²) in [4.78, 5) is 52.5. The highest BCUT2D eigenvalue weighted by atomic mass is 16.5. The number of benzene rings is 1. The highest BCUT2D eigenvalue weighted by molar-refractivity contribution is 6.06. The average molecular weight is 386 g/mol. The summed E-state index contributed by atoms with van der Waals surface area (Å²) in [6.45, 7) is 0. The number of anilines is 1. The third-order valence-electron chi connectivity index (χ3n) is 3.80. The zero-order valence-corrected chi connectivity index (χ0v) is 15.4. The van der Waals surface area contributed by atoms with Gasteiger partial charge >= 0.3 is 17.9 Å². The minimum Gasteiger partial charge on any atom is -0.468 e. The van der Waals surface area contributed by atoms with Gasteiger partial charge in [-0.25, -0.2) is 4.79 Å². The summed E-state index contributed by atoms with van der Waals surface area (Å²) in [6.07, 6.45) is 1.47. The van der Waals surface area contributed by atoms with E-state index in [9.17, 15) is 19.2 Å². The number of methoxy groups -OCH3 is 3. The van der Waals surface area contributed by atoms with Crippen molar-refractivity contribution < 1.29 is 33.4 Å². The van der Waals surface area contributed by atoms with Gasteiger partial charge in [-0.1, -0.05) is 12.1 Å². The first-order valence-electron chi connectivity index (χ1n) is 8.03. The van der Waals surface area contributed by atoms with Crippen LogP contribution in [0, 0.1) is 0 Å². The van der Waals surface area contributed by atoms with Crippen molar-refractivity contribution in [3.05, 3.63) is 59.4 Å². The molecule has 146 valence electrons. The summed E-state index contributed by atoms with van der Waals surface area (Å²) < 4.78 is 14.0. The van der Waals surface area contributed by atoms with Crippen LogP contribution in [-0.4, -0.2) is 50.1 Å². The molecule has 0 bridgehead atoms. The molecule has 0 atom stereocenters. The van der Waals surface area contributed by atoms with Crippen LogP contribution in [-0.2, 0) is 23.8 Å². The minimum atomic E-state index is -1.48. The molecule has 9 nitrogen and oxygen atoms in total. The topological polar surface area (TPSA) is 121 Å². The SMILES string of the molecule is COC(=O)c1cc(NC(=O)c2ccccn2)ccc1C(C(=O)OC)C(=O)OC. The van der Waals surface area contributed by atoms with Gasteiger partial charge in [-0.15, -0.1) is 0 Å². The quantitative estimate of drug-likeness (QED) is 0.451. The van der Waals surface area contributed by atoms with Gasteiger partial charge in [0.25, 0.3) is 5.91 Å². The molecule has 0 aliphatic carbocycles. The number of carbonyl (C=O) groups is 4. The summed E-state index contributed by atoms with van der Waals surface area (Å²) in [5.41, 5.74) is 0.352. The van der Waals surface area contributed by atoms with Crippen LogP contribution in [0.2, 0.25) is 0 Å². The Labute approximate surface area is 160 Å². The zero-order chi connectivity index (χ0) is 20.7. The van der Waals surface area contributed by atoms with E-state index in [1.165, 1.54) is 30.5 Å². The molecular weight excluding hydrogens is 368 g/mol. The number of hydrogen-bond acceptors (Lipinski definition) is 8. The molecule has 0 saturated heterocycles. The highest BCUT2D eigenvalue weighted by Gasteiger charge is 2.34. The lowest BCUT2D eigenvalue weighted by Crippen LogP contribution is -2.26. The Balaban J connectivity index is 2.45. The Kier molecular flexibility index (Phi) is 6.80. The molecule has 9 heteroatoms. The van der Waals surface area contributed by atoms with Crippen LogP contribution in [0.5, 0.6) is 0 Å². The van der Waals surface area contributed by atoms with Gasteiger partial charge < -0.3 is 19.5 Å². The van der Waals surface area contributed by atoms with E-state index >= 15 is 0 Å². The van der Waals surface area contributed by atoms with Crippen LogP contribution in [0.3, 0.4) is 0 Å². The Hall–Kier alpha value is -3.75. The molecule has 0 aliphatic heterocycles. The van der Waals surface area contributed by atoms with Crippen molar-refractivity contribution in [2.24, 2.45) is 0 Å². The maximum absolute atomic E-state index is 12.3. The van der Waals surface area contributed by atoms with E-state index in [-0.39, 0.29) is 22.5 Å². The molecule has 1 aromatic heterocycles. The number of nitrogens with one attached hydrogen (secondary N) is 1. The molecule has 0 spiro atoms. The number of amides is 1. The first-order valence-corrected chi connectivity index (χ1v) is 8.03. The van der Waals surface area contributed by atoms with E-state index in [2.05, 4.69) is 19.8 Å². The van der Waals surface area contributed by atoms with E-state index in [1.54, 1.807) is 12.1 Å². The van der Waals surface area contributed by atoms with Crippen molar-refractivity contribution in [1.29, 1.82) is 0 Å². The summed E-state index contributed by atoms with van der Waals surface area (Å²) in [5, 5.41) is 2.59. The highest BCUT2D eigenvalue weighted by Crippen LogP contribution is 2.27. The van der Waals surface area contributed by atoms with Crippen LogP contribution >= 0.6 is 0 Å². The lowest BCUT2D eigenvalue weighted by molar-refractivity contribution is -0.154. The first-order chi connectivity index (χ1) is 13.4. The third-order valence-corrected chi connectivity index (χ3v) is 3.80. The van der Waals surface area contributed by atoms with Gasteiger partial charge in [-0.05, 0) is 29.8 Å². The van der Waals surface area contributed by atoms with Crippen molar-refractivity contribution in [2.45, 2.75) is 5.92 Å². The predicted octanol–water partition coefficient (Wildman–Crippen LogP) is 1.55. The van der Waals surface area contributed by atoms with Crippen LogP contribution < -0.4 is 5.32 Å². The van der Waals surface area contributed by atoms with Gasteiger partial charge in [-0.2, -0.15) is 0 Å². The van der Waals surface area contributed by atoms with E-state index in [0.29, 0.717) is 0 Å².